The van der Waals surface area contributed by atoms with Crippen molar-refractivity contribution in [1.29, 1.82) is 0 Å². The number of rotatable bonds is 3. The third-order valence-electron chi connectivity index (χ3n) is 9.29. The fourth-order valence-corrected chi connectivity index (χ4v) is 7.85. The highest BCUT2D eigenvalue weighted by Gasteiger charge is 2.61. The van der Waals surface area contributed by atoms with Gasteiger partial charge in [0.15, 0.2) is 5.78 Å². The van der Waals surface area contributed by atoms with Gasteiger partial charge in [-0.2, -0.15) is 0 Å². The Balaban J connectivity index is 1.53. The molecular weight excluding hydrogens is 340 g/mol. The van der Waals surface area contributed by atoms with Crippen molar-refractivity contribution in [2.75, 3.05) is 6.61 Å². The SMILES string of the molecule is CC(=O)OCC(=O)[C@@H]1CC[C@@H]2[C@@H]3CC[C@H]4CC(=O)CC[C@]4(C)[C@H]3CC[C@]21C. The Kier molecular flexibility index (Phi) is 4.75. The van der Waals surface area contributed by atoms with Gasteiger partial charge in [-0.25, -0.2) is 0 Å². The molecule has 27 heavy (non-hydrogen) atoms. The number of esters is 1. The van der Waals surface area contributed by atoms with Crippen LogP contribution in [0.25, 0.3) is 0 Å². The molecule has 0 bridgehead atoms. The number of ketones is 2. The van der Waals surface area contributed by atoms with E-state index in [-0.39, 0.29) is 29.7 Å². The lowest BCUT2D eigenvalue weighted by Crippen LogP contribution is -2.54. The molecule has 0 saturated heterocycles. The summed E-state index contributed by atoms with van der Waals surface area (Å²) in [5.41, 5.74) is 0.379. The molecule has 0 radical (unpaired) electrons. The van der Waals surface area contributed by atoms with Crippen LogP contribution in [0.2, 0.25) is 0 Å². The topological polar surface area (TPSA) is 60.4 Å². The molecule has 7 atom stereocenters. The van der Waals surface area contributed by atoms with Crippen LogP contribution in [-0.2, 0) is 19.1 Å². The molecule has 0 N–H and O–H groups in total. The zero-order valence-electron chi connectivity index (χ0n) is 17.1. The average Bonchev–Trinajstić information content (AvgIpc) is 2.97. The molecule has 0 spiro atoms. The van der Waals surface area contributed by atoms with Gasteiger partial charge in [-0.1, -0.05) is 13.8 Å². The fourth-order valence-electron chi connectivity index (χ4n) is 7.85. The number of Topliss-reactive ketones (excluding diaryl/α,β-unsaturated/α-hetero) is 2. The first kappa shape index (κ1) is 19.1. The summed E-state index contributed by atoms with van der Waals surface area (Å²) in [7, 11) is 0. The molecule has 0 aliphatic heterocycles. The highest BCUT2D eigenvalue weighted by atomic mass is 16.5. The second-order valence-corrected chi connectivity index (χ2v) is 10.3. The number of fused-ring (bicyclic) bond motifs is 5. The van der Waals surface area contributed by atoms with Crippen molar-refractivity contribution in [2.24, 2.45) is 40.4 Å². The predicted molar refractivity (Wildman–Crippen MR) is 102 cm³/mol. The highest BCUT2D eigenvalue weighted by Crippen LogP contribution is 2.67. The molecule has 4 saturated carbocycles. The Labute approximate surface area is 162 Å². The number of carbonyl (C=O) groups excluding carboxylic acids is 3. The Hall–Kier alpha value is -1.19. The Morgan fingerprint density at radius 1 is 1.00 bits per heavy atom. The maximum Gasteiger partial charge on any atom is 0.303 e. The average molecular weight is 375 g/mol. The molecule has 0 aromatic carbocycles. The summed E-state index contributed by atoms with van der Waals surface area (Å²) in [6.45, 7) is 6.10. The van der Waals surface area contributed by atoms with Gasteiger partial charge in [-0.3, -0.25) is 14.4 Å². The van der Waals surface area contributed by atoms with Gasteiger partial charge in [0.1, 0.15) is 12.4 Å². The third kappa shape index (κ3) is 2.98. The van der Waals surface area contributed by atoms with Crippen molar-refractivity contribution < 1.29 is 19.1 Å². The Morgan fingerprint density at radius 2 is 1.74 bits per heavy atom. The van der Waals surface area contributed by atoms with E-state index in [0.29, 0.717) is 34.9 Å². The lowest BCUT2D eigenvalue weighted by atomic mass is 9.44. The van der Waals surface area contributed by atoms with Crippen LogP contribution >= 0.6 is 0 Å². The first-order valence-corrected chi connectivity index (χ1v) is 10.9. The van der Waals surface area contributed by atoms with E-state index < -0.39 is 0 Å². The minimum Gasteiger partial charge on any atom is -0.458 e. The second kappa shape index (κ2) is 6.70. The van der Waals surface area contributed by atoms with Gasteiger partial charge in [0.2, 0.25) is 0 Å². The van der Waals surface area contributed by atoms with E-state index in [1.54, 1.807) is 0 Å². The summed E-state index contributed by atoms with van der Waals surface area (Å²) < 4.78 is 5.02. The zero-order chi connectivity index (χ0) is 19.4. The van der Waals surface area contributed by atoms with E-state index in [4.69, 9.17) is 4.74 Å². The van der Waals surface area contributed by atoms with Crippen LogP contribution < -0.4 is 0 Å². The lowest BCUT2D eigenvalue weighted by molar-refractivity contribution is -0.151. The molecule has 0 aromatic rings. The molecule has 0 aromatic heterocycles. The molecule has 4 nitrogen and oxygen atoms in total. The van der Waals surface area contributed by atoms with E-state index in [1.807, 2.05) is 0 Å². The summed E-state index contributed by atoms with van der Waals surface area (Å²) in [4.78, 5) is 35.9. The Morgan fingerprint density at radius 3 is 2.48 bits per heavy atom. The van der Waals surface area contributed by atoms with Gasteiger partial charge < -0.3 is 4.74 Å². The lowest BCUT2D eigenvalue weighted by Gasteiger charge is -2.60. The van der Waals surface area contributed by atoms with Crippen LogP contribution in [-0.4, -0.2) is 24.1 Å². The summed E-state index contributed by atoms with van der Waals surface area (Å²) in [6.07, 6.45) is 9.41. The minimum absolute atomic E-state index is 0.0428. The van der Waals surface area contributed by atoms with Gasteiger partial charge >= 0.3 is 5.97 Å². The van der Waals surface area contributed by atoms with Crippen molar-refractivity contribution in [2.45, 2.75) is 78.6 Å². The first-order chi connectivity index (χ1) is 12.8. The van der Waals surface area contributed by atoms with Crippen LogP contribution in [0.4, 0.5) is 0 Å². The van der Waals surface area contributed by atoms with Crippen LogP contribution in [0.5, 0.6) is 0 Å². The minimum atomic E-state index is -0.371. The van der Waals surface area contributed by atoms with Gasteiger partial charge in [0.05, 0.1) is 0 Å². The molecule has 4 aliphatic rings. The standard InChI is InChI=1S/C23H34O4/c1-14(24)27-13-21(26)20-7-6-18-17-5-4-15-12-16(25)8-10-22(15,2)19(17)9-11-23(18,20)3/h15,17-20H,4-13H2,1-3H3/t15-,17-,18+,19-,20-,22-,23+/m0/s1. The van der Waals surface area contributed by atoms with E-state index >= 15 is 0 Å². The number of hydrogen-bond acceptors (Lipinski definition) is 4. The molecular formula is C23H34O4. The van der Waals surface area contributed by atoms with E-state index in [1.165, 1.54) is 26.2 Å². The second-order valence-electron chi connectivity index (χ2n) is 10.3. The molecule has 150 valence electrons. The van der Waals surface area contributed by atoms with Crippen molar-refractivity contribution in [1.82, 2.24) is 0 Å². The number of hydrogen-bond donors (Lipinski definition) is 0. The highest BCUT2D eigenvalue weighted by molar-refractivity contribution is 5.85. The molecule has 4 rings (SSSR count). The molecule has 0 heterocycles. The van der Waals surface area contributed by atoms with Crippen LogP contribution in [0.1, 0.15) is 78.6 Å². The van der Waals surface area contributed by atoms with Crippen molar-refractivity contribution in [3.8, 4) is 0 Å². The number of carbonyl (C=O) groups is 3. The summed E-state index contributed by atoms with van der Waals surface area (Å²) >= 11 is 0. The summed E-state index contributed by atoms with van der Waals surface area (Å²) in [5, 5.41) is 0. The van der Waals surface area contributed by atoms with Gasteiger partial charge in [0, 0.05) is 25.7 Å². The van der Waals surface area contributed by atoms with E-state index in [0.717, 1.165) is 38.5 Å². The van der Waals surface area contributed by atoms with Gasteiger partial charge in [-0.15, -0.1) is 0 Å². The zero-order valence-corrected chi connectivity index (χ0v) is 17.1. The van der Waals surface area contributed by atoms with E-state index in [2.05, 4.69) is 13.8 Å². The van der Waals surface area contributed by atoms with Crippen LogP contribution in [0.15, 0.2) is 0 Å². The van der Waals surface area contributed by atoms with Crippen molar-refractivity contribution in [3.63, 3.8) is 0 Å². The summed E-state index contributed by atoms with van der Waals surface area (Å²) in [5.74, 6) is 2.86. The van der Waals surface area contributed by atoms with Crippen molar-refractivity contribution in [3.05, 3.63) is 0 Å². The van der Waals surface area contributed by atoms with Crippen LogP contribution in [0.3, 0.4) is 0 Å². The quantitative estimate of drug-likeness (QED) is 0.689. The van der Waals surface area contributed by atoms with E-state index in [9.17, 15) is 14.4 Å². The Bertz CT molecular complexity index is 655. The molecule has 4 fully saturated rings. The smallest absolute Gasteiger partial charge is 0.303 e. The normalized spacial score (nSPS) is 46.2. The van der Waals surface area contributed by atoms with Crippen LogP contribution in [0, 0.1) is 40.4 Å². The summed E-state index contributed by atoms with van der Waals surface area (Å²) in [6, 6.07) is 0. The number of ether oxygens (including phenoxy) is 1. The monoisotopic (exact) mass is 374 g/mol. The van der Waals surface area contributed by atoms with Gasteiger partial charge in [0.25, 0.3) is 0 Å². The predicted octanol–water partition coefficient (Wildman–Crippen LogP) is 4.35. The molecule has 4 aliphatic carbocycles. The fraction of sp³-hybridized carbons (Fsp3) is 0.870. The third-order valence-corrected chi connectivity index (χ3v) is 9.29. The van der Waals surface area contributed by atoms with Crippen molar-refractivity contribution >= 4 is 17.5 Å². The first-order valence-electron chi connectivity index (χ1n) is 10.9. The molecule has 0 unspecified atom stereocenters. The van der Waals surface area contributed by atoms with Gasteiger partial charge in [-0.05, 0) is 79.4 Å². The molecule has 4 heteroatoms. The molecule has 0 amide bonds. The largest absolute Gasteiger partial charge is 0.458 e. The maximum absolute atomic E-state index is 12.8. The maximum atomic E-state index is 12.8.